The zero-order valence-electron chi connectivity index (χ0n) is 10.6. The molecule has 0 aromatic carbocycles. The molecule has 0 N–H and O–H groups in total. The minimum absolute atomic E-state index is 0.138. The normalized spacial score (nSPS) is 13.7. The lowest BCUT2D eigenvalue weighted by atomic mass is 10.3. The van der Waals surface area contributed by atoms with E-state index in [1.807, 2.05) is 0 Å². The molecule has 1 aromatic rings. The number of halogens is 6. The molecule has 0 saturated heterocycles. The summed E-state index contributed by atoms with van der Waals surface area (Å²) in [7, 11) is -12.3. The second-order valence-corrected chi connectivity index (χ2v) is 6.82. The smallest absolute Gasteiger partial charge is 0.376 e. The van der Waals surface area contributed by atoms with E-state index in [-0.39, 0.29) is 11.8 Å². The average molecular weight is 389 g/mol. The topological polar surface area (TPSA) is 99.6 Å². The number of hydrogen-bond donors (Lipinski definition) is 0. The van der Waals surface area contributed by atoms with Crippen LogP contribution in [-0.4, -0.2) is 32.8 Å². The Morgan fingerprint density at radius 2 is 1.30 bits per heavy atom. The Labute approximate surface area is 125 Å². The van der Waals surface area contributed by atoms with E-state index in [1.54, 1.807) is 0 Å². The van der Waals surface area contributed by atoms with E-state index in [4.69, 9.17) is 0 Å². The Morgan fingerprint density at radius 3 is 1.74 bits per heavy atom. The molecule has 7 nitrogen and oxygen atoms in total. The van der Waals surface area contributed by atoms with Crippen molar-refractivity contribution in [1.82, 2.24) is 4.98 Å². The molecule has 1 rings (SSSR count). The van der Waals surface area contributed by atoms with Crippen molar-refractivity contribution >= 4 is 20.2 Å². The van der Waals surface area contributed by atoms with Gasteiger partial charge in [-0.3, -0.25) is 0 Å². The number of rotatable bonds is 4. The number of aromatic nitrogens is 1. The maximum atomic E-state index is 12.1. The number of hydrogen-bond acceptors (Lipinski definition) is 7. The molecule has 23 heavy (non-hydrogen) atoms. The maximum absolute atomic E-state index is 12.1. The predicted molar refractivity (Wildman–Crippen MR) is 60.2 cm³/mol. The molecular weight excluding hydrogens is 384 g/mol. The summed E-state index contributed by atoms with van der Waals surface area (Å²) in [4.78, 5) is 3.17. The third-order valence-electron chi connectivity index (χ3n) is 1.87. The van der Waals surface area contributed by atoms with Crippen molar-refractivity contribution in [3.63, 3.8) is 0 Å². The molecule has 1 heterocycles. The number of alkyl halides is 6. The van der Waals surface area contributed by atoms with Crippen LogP contribution in [0.25, 0.3) is 0 Å². The zero-order valence-corrected chi connectivity index (χ0v) is 12.3. The van der Waals surface area contributed by atoms with Gasteiger partial charge < -0.3 is 8.37 Å². The van der Waals surface area contributed by atoms with Crippen LogP contribution < -0.4 is 8.37 Å². The van der Waals surface area contributed by atoms with Crippen LogP contribution in [0.5, 0.6) is 11.6 Å². The van der Waals surface area contributed by atoms with Gasteiger partial charge in [0.15, 0.2) is 0 Å². The Balaban J connectivity index is 3.21. The number of aryl methyl sites for hydroxylation is 1. The third-order valence-corrected chi connectivity index (χ3v) is 3.81. The van der Waals surface area contributed by atoms with Gasteiger partial charge >= 0.3 is 31.3 Å². The summed E-state index contributed by atoms with van der Waals surface area (Å²) in [5, 5.41) is 0. The predicted octanol–water partition coefficient (Wildman–Crippen LogP) is 1.85. The highest BCUT2D eigenvalue weighted by atomic mass is 32.2. The van der Waals surface area contributed by atoms with E-state index in [1.165, 1.54) is 0 Å². The molecule has 0 aliphatic heterocycles. The Bertz CT molecular complexity index is 733. The quantitative estimate of drug-likeness (QED) is 0.440. The third kappa shape index (κ3) is 4.60. The van der Waals surface area contributed by atoms with Gasteiger partial charge in [-0.25, -0.2) is 4.98 Å². The summed E-state index contributed by atoms with van der Waals surface area (Å²) in [5.41, 5.74) is -12.0. The van der Waals surface area contributed by atoms with Crippen LogP contribution in [0.2, 0.25) is 0 Å². The highest BCUT2D eigenvalue weighted by Crippen LogP contribution is 2.31. The van der Waals surface area contributed by atoms with E-state index >= 15 is 0 Å². The first-order chi connectivity index (χ1) is 10.1. The SMILES string of the molecule is Cc1cc(OS(=O)(=O)C(F)(F)F)cc(OS(=O)(=O)C(F)(F)F)n1. The first-order valence-corrected chi connectivity index (χ1v) is 7.87. The van der Waals surface area contributed by atoms with Gasteiger partial charge in [-0.15, -0.1) is 0 Å². The molecule has 0 aliphatic rings. The molecule has 0 fully saturated rings. The highest BCUT2D eigenvalue weighted by molar-refractivity contribution is 7.88. The van der Waals surface area contributed by atoms with Gasteiger partial charge in [0.05, 0.1) is 0 Å². The Kier molecular flexibility index (Phi) is 4.78. The van der Waals surface area contributed by atoms with Crippen molar-refractivity contribution in [2.45, 2.75) is 17.9 Å². The van der Waals surface area contributed by atoms with E-state index in [0.717, 1.165) is 6.92 Å². The Hall–Kier alpha value is -1.77. The van der Waals surface area contributed by atoms with Gasteiger partial charge in [0.25, 0.3) is 0 Å². The van der Waals surface area contributed by atoms with Crippen molar-refractivity contribution in [2.75, 3.05) is 0 Å². The van der Waals surface area contributed by atoms with Gasteiger partial charge in [0.2, 0.25) is 5.88 Å². The fourth-order valence-corrected chi connectivity index (χ4v) is 1.88. The summed E-state index contributed by atoms with van der Waals surface area (Å²) in [6.07, 6.45) is 0. The van der Waals surface area contributed by atoms with Crippen molar-refractivity contribution < 1.29 is 51.5 Å². The van der Waals surface area contributed by atoms with Gasteiger partial charge in [-0.2, -0.15) is 43.2 Å². The van der Waals surface area contributed by atoms with E-state index in [0.29, 0.717) is 6.07 Å². The molecular formula is C8H5F6NO6S2. The van der Waals surface area contributed by atoms with Gasteiger partial charge in [0, 0.05) is 17.8 Å². The summed E-state index contributed by atoms with van der Waals surface area (Å²) < 4.78 is 123. The zero-order chi connectivity index (χ0) is 18.3. The summed E-state index contributed by atoms with van der Waals surface area (Å²) in [6.45, 7) is 1.01. The largest absolute Gasteiger partial charge is 0.534 e. The average Bonchev–Trinajstić information content (AvgIpc) is 2.22. The summed E-state index contributed by atoms with van der Waals surface area (Å²) >= 11 is 0. The molecule has 1 aromatic heterocycles. The highest BCUT2D eigenvalue weighted by Gasteiger charge is 2.50. The van der Waals surface area contributed by atoms with E-state index < -0.39 is 42.9 Å². The van der Waals surface area contributed by atoms with Crippen LogP contribution in [0, 0.1) is 6.92 Å². The van der Waals surface area contributed by atoms with Crippen molar-refractivity contribution in [3.05, 3.63) is 17.8 Å². The van der Waals surface area contributed by atoms with Gasteiger partial charge in [0.1, 0.15) is 5.75 Å². The van der Waals surface area contributed by atoms with Crippen LogP contribution in [0.15, 0.2) is 12.1 Å². The number of nitrogens with zero attached hydrogens (tertiary/aromatic N) is 1. The van der Waals surface area contributed by atoms with Crippen molar-refractivity contribution in [2.24, 2.45) is 0 Å². The maximum Gasteiger partial charge on any atom is 0.534 e. The first-order valence-electron chi connectivity index (χ1n) is 5.05. The molecule has 132 valence electrons. The van der Waals surface area contributed by atoms with Gasteiger partial charge in [-0.05, 0) is 6.92 Å². The fraction of sp³-hybridized carbons (Fsp3) is 0.375. The monoisotopic (exact) mass is 389 g/mol. The standard InChI is InChI=1S/C8H5F6NO6S2/c1-4-2-5(20-22(16,17)7(9,10)11)3-6(15-4)21-23(18,19)8(12,13)14/h2-3H,1H3. The fourth-order valence-electron chi connectivity index (χ4n) is 1.03. The lowest BCUT2D eigenvalue weighted by Gasteiger charge is -2.12. The second-order valence-electron chi connectivity index (χ2n) is 3.75. The lowest BCUT2D eigenvalue weighted by molar-refractivity contribution is -0.0503. The molecule has 0 aliphatic carbocycles. The molecule has 0 spiro atoms. The van der Waals surface area contributed by atoms with Crippen LogP contribution in [0.3, 0.4) is 0 Å². The van der Waals surface area contributed by atoms with E-state index in [2.05, 4.69) is 13.4 Å². The van der Waals surface area contributed by atoms with Crippen molar-refractivity contribution in [1.29, 1.82) is 0 Å². The van der Waals surface area contributed by atoms with Crippen LogP contribution in [-0.2, 0) is 20.2 Å². The van der Waals surface area contributed by atoms with Crippen molar-refractivity contribution in [3.8, 4) is 11.6 Å². The Morgan fingerprint density at radius 1 is 0.870 bits per heavy atom. The number of pyridine rings is 1. The molecule has 0 saturated carbocycles. The molecule has 0 bridgehead atoms. The summed E-state index contributed by atoms with van der Waals surface area (Å²) in [5.74, 6) is -2.46. The van der Waals surface area contributed by atoms with Gasteiger partial charge in [-0.1, -0.05) is 0 Å². The summed E-state index contributed by atoms with van der Waals surface area (Å²) in [6, 6.07) is 0.746. The second kappa shape index (κ2) is 5.70. The van der Waals surface area contributed by atoms with E-state index in [9.17, 15) is 43.2 Å². The molecule has 0 unspecified atom stereocenters. The molecule has 0 radical (unpaired) electrons. The van der Waals surface area contributed by atoms with Crippen LogP contribution in [0.1, 0.15) is 5.69 Å². The minimum Gasteiger partial charge on any atom is -0.376 e. The molecule has 0 atom stereocenters. The molecule has 15 heteroatoms. The van der Waals surface area contributed by atoms with Crippen LogP contribution in [0.4, 0.5) is 26.3 Å². The lowest BCUT2D eigenvalue weighted by Crippen LogP contribution is -2.29. The van der Waals surface area contributed by atoms with Crippen LogP contribution >= 0.6 is 0 Å². The minimum atomic E-state index is -6.15. The molecule has 0 amide bonds. The first kappa shape index (κ1) is 19.3.